The Balaban J connectivity index is 2.36. The molecule has 2 aromatic rings. The minimum atomic E-state index is 0.0494. The summed E-state index contributed by atoms with van der Waals surface area (Å²) in [5.41, 5.74) is 5.16. The molecule has 0 N–H and O–H groups in total. The zero-order valence-corrected chi connectivity index (χ0v) is 14.2. The van der Waals surface area contributed by atoms with E-state index in [-0.39, 0.29) is 11.2 Å². The van der Waals surface area contributed by atoms with Crippen molar-refractivity contribution in [1.82, 2.24) is 0 Å². The summed E-state index contributed by atoms with van der Waals surface area (Å²) in [5.74, 6) is 0.728. The summed E-state index contributed by atoms with van der Waals surface area (Å²) in [7, 11) is 1.63. The highest BCUT2D eigenvalue weighted by atomic mass is 16.5. The van der Waals surface area contributed by atoms with Crippen LogP contribution in [0.15, 0.2) is 18.2 Å². The van der Waals surface area contributed by atoms with Gasteiger partial charge in [-0.15, -0.1) is 0 Å². The van der Waals surface area contributed by atoms with Gasteiger partial charge in [-0.2, -0.15) is 0 Å². The first-order valence-electron chi connectivity index (χ1n) is 8.01. The van der Waals surface area contributed by atoms with Gasteiger partial charge in [0.05, 0.1) is 12.7 Å². The van der Waals surface area contributed by atoms with Crippen LogP contribution >= 0.6 is 0 Å². The van der Waals surface area contributed by atoms with Gasteiger partial charge in [-0.05, 0) is 78.1 Å². The molecule has 0 aromatic heterocycles. The number of fused-ring (bicyclic) bond motifs is 2. The SMILES string of the molecule is COc1cc2c(C)c3c(cc2cc1C(C)=O)C(C)(C)CCC3. The van der Waals surface area contributed by atoms with E-state index < -0.39 is 0 Å². The van der Waals surface area contributed by atoms with Crippen LogP contribution in [0.5, 0.6) is 5.75 Å². The first kappa shape index (κ1) is 15.1. The highest BCUT2D eigenvalue weighted by Gasteiger charge is 2.29. The third kappa shape index (κ3) is 2.22. The maximum atomic E-state index is 11.9. The van der Waals surface area contributed by atoms with Crippen LogP contribution in [0.4, 0.5) is 0 Å². The van der Waals surface area contributed by atoms with Crippen molar-refractivity contribution in [2.75, 3.05) is 7.11 Å². The number of aryl methyl sites for hydroxylation is 1. The van der Waals surface area contributed by atoms with Crippen LogP contribution in [0.1, 0.15) is 60.7 Å². The number of hydrogen-bond donors (Lipinski definition) is 0. The van der Waals surface area contributed by atoms with Crippen molar-refractivity contribution in [2.24, 2.45) is 0 Å². The number of Topliss-reactive ketones (excluding diaryl/α,β-unsaturated/α-hetero) is 1. The van der Waals surface area contributed by atoms with Gasteiger partial charge in [0.25, 0.3) is 0 Å². The summed E-state index contributed by atoms with van der Waals surface area (Å²) in [6.45, 7) is 8.45. The number of ether oxygens (including phenoxy) is 1. The molecule has 0 atom stereocenters. The molecule has 2 aromatic carbocycles. The highest BCUT2D eigenvalue weighted by Crippen LogP contribution is 2.42. The van der Waals surface area contributed by atoms with Crippen LogP contribution in [0.2, 0.25) is 0 Å². The molecule has 116 valence electrons. The summed E-state index contributed by atoms with van der Waals surface area (Å²) < 4.78 is 5.43. The second-order valence-corrected chi connectivity index (χ2v) is 7.09. The lowest BCUT2D eigenvalue weighted by Gasteiger charge is -2.34. The topological polar surface area (TPSA) is 26.3 Å². The Labute approximate surface area is 132 Å². The van der Waals surface area contributed by atoms with E-state index in [4.69, 9.17) is 4.74 Å². The van der Waals surface area contributed by atoms with Crippen LogP contribution in [0.25, 0.3) is 10.8 Å². The number of carbonyl (C=O) groups is 1. The third-order valence-electron chi connectivity index (χ3n) is 5.19. The number of rotatable bonds is 2. The lowest BCUT2D eigenvalue weighted by Crippen LogP contribution is -2.24. The second kappa shape index (κ2) is 5.12. The summed E-state index contributed by atoms with van der Waals surface area (Å²) in [4.78, 5) is 11.9. The molecule has 0 fully saturated rings. The van der Waals surface area contributed by atoms with Crippen LogP contribution < -0.4 is 4.74 Å². The molecule has 0 radical (unpaired) electrons. The summed E-state index contributed by atoms with van der Waals surface area (Å²) in [6, 6.07) is 6.32. The van der Waals surface area contributed by atoms with Gasteiger partial charge >= 0.3 is 0 Å². The Morgan fingerprint density at radius 1 is 1.23 bits per heavy atom. The molecule has 0 saturated carbocycles. The quantitative estimate of drug-likeness (QED) is 0.731. The van der Waals surface area contributed by atoms with Gasteiger partial charge in [0.1, 0.15) is 5.75 Å². The Hall–Kier alpha value is -1.83. The van der Waals surface area contributed by atoms with Crippen LogP contribution in [0, 0.1) is 6.92 Å². The van der Waals surface area contributed by atoms with Crippen LogP contribution in [-0.2, 0) is 11.8 Å². The van der Waals surface area contributed by atoms with Crippen molar-refractivity contribution >= 4 is 16.6 Å². The molecule has 3 rings (SSSR count). The highest BCUT2D eigenvalue weighted by molar-refractivity contribution is 6.02. The van der Waals surface area contributed by atoms with Gasteiger partial charge in [0, 0.05) is 0 Å². The van der Waals surface area contributed by atoms with E-state index in [1.165, 1.54) is 34.9 Å². The monoisotopic (exact) mass is 296 g/mol. The second-order valence-electron chi connectivity index (χ2n) is 7.09. The predicted molar refractivity (Wildman–Crippen MR) is 91.2 cm³/mol. The van der Waals surface area contributed by atoms with E-state index >= 15 is 0 Å². The minimum absolute atomic E-state index is 0.0494. The number of methoxy groups -OCH3 is 1. The zero-order valence-electron chi connectivity index (χ0n) is 14.2. The molecule has 2 heteroatoms. The average molecular weight is 296 g/mol. The van der Waals surface area contributed by atoms with E-state index in [1.54, 1.807) is 14.0 Å². The first-order valence-corrected chi connectivity index (χ1v) is 8.01. The van der Waals surface area contributed by atoms with Gasteiger partial charge in [0.15, 0.2) is 5.78 Å². The standard InChI is InChI=1S/C20H24O2/c1-12-15-7-6-8-20(3,4)18(15)10-14-9-17(13(2)21)19(22-5)11-16(12)14/h9-11H,6-8H2,1-5H3. The fraction of sp³-hybridized carbons (Fsp3) is 0.450. The fourth-order valence-corrected chi connectivity index (χ4v) is 3.86. The van der Waals surface area contributed by atoms with Gasteiger partial charge in [-0.3, -0.25) is 4.79 Å². The first-order chi connectivity index (χ1) is 10.3. The van der Waals surface area contributed by atoms with E-state index in [0.29, 0.717) is 11.3 Å². The van der Waals surface area contributed by atoms with Crippen molar-refractivity contribution in [1.29, 1.82) is 0 Å². The molecular formula is C20H24O2. The zero-order chi connectivity index (χ0) is 16.1. The van der Waals surface area contributed by atoms with Gasteiger partial charge < -0.3 is 4.74 Å². The molecule has 2 nitrogen and oxygen atoms in total. The maximum absolute atomic E-state index is 11.9. The molecule has 1 aliphatic carbocycles. The smallest absolute Gasteiger partial charge is 0.163 e. The molecule has 0 amide bonds. The Bertz CT molecular complexity index is 769. The van der Waals surface area contributed by atoms with E-state index in [2.05, 4.69) is 26.8 Å². The Morgan fingerprint density at radius 2 is 1.95 bits per heavy atom. The molecule has 22 heavy (non-hydrogen) atoms. The van der Waals surface area contributed by atoms with Crippen molar-refractivity contribution in [3.63, 3.8) is 0 Å². The van der Waals surface area contributed by atoms with Crippen molar-refractivity contribution < 1.29 is 9.53 Å². The Morgan fingerprint density at radius 3 is 2.59 bits per heavy atom. The molecule has 0 bridgehead atoms. The predicted octanol–water partition coefficient (Wildman–Crippen LogP) is 4.97. The van der Waals surface area contributed by atoms with Crippen molar-refractivity contribution in [3.8, 4) is 5.75 Å². The van der Waals surface area contributed by atoms with Crippen molar-refractivity contribution in [3.05, 3.63) is 40.5 Å². The number of hydrogen-bond acceptors (Lipinski definition) is 2. The van der Waals surface area contributed by atoms with Gasteiger partial charge in [-0.1, -0.05) is 19.9 Å². The summed E-state index contributed by atoms with van der Waals surface area (Å²) in [5, 5.41) is 2.36. The number of carbonyl (C=O) groups excluding carboxylic acids is 1. The summed E-state index contributed by atoms with van der Waals surface area (Å²) in [6.07, 6.45) is 3.62. The molecule has 0 aliphatic heterocycles. The molecule has 0 unspecified atom stereocenters. The summed E-state index contributed by atoms with van der Waals surface area (Å²) >= 11 is 0. The molecule has 0 heterocycles. The fourth-order valence-electron chi connectivity index (χ4n) is 3.86. The van der Waals surface area contributed by atoms with E-state index in [9.17, 15) is 4.79 Å². The van der Waals surface area contributed by atoms with Crippen LogP contribution in [-0.4, -0.2) is 12.9 Å². The molecule has 0 saturated heterocycles. The van der Waals surface area contributed by atoms with Crippen molar-refractivity contribution in [2.45, 2.75) is 52.4 Å². The average Bonchev–Trinajstić information content (AvgIpc) is 2.47. The lowest BCUT2D eigenvalue weighted by molar-refractivity contribution is 0.101. The maximum Gasteiger partial charge on any atom is 0.163 e. The van der Waals surface area contributed by atoms with Crippen LogP contribution in [0.3, 0.4) is 0 Å². The lowest BCUT2D eigenvalue weighted by atomic mass is 9.70. The number of benzene rings is 2. The normalized spacial score (nSPS) is 16.4. The minimum Gasteiger partial charge on any atom is -0.496 e. The molecule has 1 aliphatic rings. The largest absolute Gasteiger partial charge is 0.496 e. The van der Waals surface area contributed by atoms with Gasteiger partial charge in [0.2, 0.25) is 0 Å². The Kier molecular flexibility index (Phi) is 3.51. The number of ketones is 1. The van der Waals surface area contributed by atoms with E-state index in [0.717, 1.165) is 11.8 Å². The molecular weight excluding hydrogens is 272 g/mol. The third-order valence-corrected chi connectivity index (χ3v) is 5.19. The van der Waals surface area contributed by atoms with E-state index in [1.807, 2.05) is 12.1 Å². The van der Waals surface area contributed by atoms with Gasteiger partial charge in [-0.25, -0.2) is 0 Å². The molecule has 0 spiro atoms.